The number of pyridine rings is 1. The largest absolute Gasteiger partial charge is 0.382 e. The van der Waals surface area contributed by atoms with Gasteiger partial charge in [-0.3, -0.25) is 15.1 Å². The summed E-state index contributed by atoms with van der Waals surface area (Å²) in [5, 5.41) is 16.2. The van der Waals surface area contributed by atoms with Crippen molar-refractivity contribution >= 4 is 22.1 Å². The van der Waals surface area contributed by atoms with Crippen molar-refractivity contribution < 1.29 is 9.66 Å². The molecule has 6 heteroatoms. The van der Waals surface area contributed by atoms with Crippen molar-refractivity contribution in [1.29, 1.82) is 0 Å². The van der Waals surface area contributed by atoms with Crippen LogP contribution in [0.25, 0.3) is 10.8 Å². The molecule has 25 heavy (non-hydrogen) atoms. The van der Waals surface area contributed by atoms with E-state index in [1.807, 2.05) is 12.1 Å². The number of nitro groups is 1. The molecule has 2 heterocycles. The Hall–Kier alpha value is -2.21. The summed E-state index contributed by atoms with van der Waals surface area (Å²) < 4.78 is 5.99. The molecule has 134 valence electrons. The molecule has 1 aromatic heterocycles. The lowest BCUT2D eigenvalue weighted by molar-refractivity contribution is -0.383. The molecule has 3 rings (SSSR count). The first-order valence-corrected chi connectivity index (χ1v) is 9.03. The minimum absolute atomic E-state index is 0.0931. The third-order valence-electron chi connectivity index (χ3n) is 5.24. The van der Waals surface area contributed by atoms with E-state index in [0.717, 1.165) is 43.4 Å². The van der Waals surface area contributed by atoms with Crippen LogP contribution in [-0.2, 0) is 4.74 Å². The molecule has 6 nitrogen and oxygen atoms in total. The lowest BCUT2D eigenvalue weighted by Crippen LogP contribution is -2.37. The Morgan fingerprint density at radius 3 is 2.84 bits per heavy atom. The average molecular weight is 343 g/mol. The average Bonchev–Trinajstić information content (AvgIpc) is 2.63. The maximum atomic E-state index is 11.2. The highest BCUT2D eigenvalue weighted by Gasteiger charge is 2.28. The van der Waals surface area contributed by atoms with Gasteiger partial charge in [0.1, 0.15) is 0 Å². The third-order valence-corrected chi connectivity index (χ3v) is 5.24. The van der Waals surface area contributed by atoms with Gasteiger partial charge in [0.05, 0.1) is 16.4 Å². The monoisotopic (exact) mass is 343 g/mol. The highest BCUT2D eigenvalue weighted by molar-refractivity contribution is 5.99. The van der Waals surface area contributed by atoms with E-state index in [2.05, 4.69) is 24.1 Å². The van der Waals surface area contributed by atoms with Gasteiger partial charge in [-0.2, -0.15) is 0 Å². The van der Waals surface area contributed by atoms with E-state index in [-0.39, 0.29) is 16.7 Å². The smallest absolute Gasteiger partial charge is 0.278 e. The molecule has 1 aromatic carbocycles. The van der Waals surface area contributed by atoms with Gasteiger partial charge >= 0.3 is 0 Å². The molecule has 0 spiro atoms. The van der Waals surface area contributed by atoms with E-state index < -0.39 is 0 Å². The maximum Gasteiger partial charge on any atom is 0.278 e. The Morgan fingerprint density at radius 2 is 2.12 bits per heavy atom. The number of hydrogen-bond donors (Lipinski definition) is 1. The van der Waals surface area contributed by atoms with Crippen molar-refractivity contribution in [2.24, 2.45) is 5.92 Å². The van der Waals surface area contributed by atoms with Gasteiger partial charge in [0, 0.05) is 42.2 Å². The summed E-state index contributed by atoms with van der Waals surface area (Å²) in [5.74, 6) is 0.586. The van der Waals surface area contributed by atoms with Crippen LogP contribution in [0.3, 0.4) is 0 Å². The lowest BCUT2D eigenvalue weighted by Gasteiger charge is -2.35. The second kappa shape index (κ2) is 7.78. The zero-order chi connectivity index (χ0) is 17.8. The molecule has 1 aliphatic heterocycles. The zero-order valence-electron chi connectivity index (χ0n) is 14.8. The van der Waals surface area contributed by atoms with Crippen LogP contribution in [0.1, 0.15) is 39.5 Å². The first-order chi connectivity index (χ1) is 12.1. The van der Waals surface area contributed by atoms with Gasteiger partial charge in [-0.1, -0.05) is 26.7 Å². The number of nitrogens with zero attached hydrogens (tertiary/aromatic N) is 2. The second-order valence-electron chi connectivity index (χ2n) is 6.66. The van der Waals surface area contributed by atoms with Gasteiger partial charge in [0.15, 0.2) is 0 Å². The normalized spacial score (nSPS) is 20.8. The van der Waals surface area contributed by atoms with Crippen molar-refractivity contribution in [3.63, 3.8) is 0 Å². The van der Waals surface area contributed by atoms with Crippen molar-refractivity contribution in [2.75, 3.05) is 11.9 Å². The molecule has 1 fully saturated rings. The van der Waals surface area contributed by atoms with Gasteiger partial charge in [-0.25, -0.2) is 0 Å². The van der Waals surface area contributed by atoms with Gasteiger partial charge < -0.3 is 10.1 Å². The Kier molecular flexibility index (Phi) is 5.48. The molecule has 2 unspecified atom stereocenters. The summed E-state index contributed by atoms with van der Waals surface area (Å²) in [5.41, 5.74) is 1.02. The van der Waals surface area contributed by atoms with Crippen LogP contribution < -0.4 is 5.32 Å². The zero-order valence-corrected chi connectivity index (χ0v) is 14.8. The number of benzene rings is 1. The number of nitro benzene ring substituents is 1. The Morgan fingerprint density at radius 1 is 1.32 bits per heavy atom. The summed E-state index contributed by atoms with van der Waals surface area (Å²) >= 11 is 0. The van der Waals surface area contributed by atoms with E-state index >= 15 is 0 Å². The number of nitrogens with one attached hydrogen (secondary N) is 1. The van der Waals surface area contributed by atoms with Crippen molar-refractivity contribution in [1.82, 2.24) is 4.98 Å². The highest BCUT2D eigenvalue weighted by Crippen LogP contribution is 2.33. The molecule has 1 saturated heterocycles. The number of aromatic nitrogens is 1. The number of fused-ring (bicyclic) bond motifs is 1. The Balaban J connectivity index is 1.83. The first kappa shape index (κ1) is 17.6. The van der Waals surface area contributed by atoms with Crippen LogP contribution in [0.5, 0.6) is 0 Å². The summed E-state index contributed by atoms with van der Waals surface area (Å²) in [7, 11) is 0. The first-order valence-electron chi connectivity index (χ1n) is 9.03. The van der Waals surface area contributed by atoms with E-state index in [1.54, 1.807) is 18.5 Å². The van der Waals surface area contributed by atoms with Crippen LogP contribution in [0.4, 0.5) is 11.4 Å². The number of rotatable bonds is 6. The molecule has 2 aromatic rings. The predicted molar refractivity (Wildman–Crippen MR) is 98.9 cm³/mol. The maximum absolute atomic E-state index is 11.2. The van der Waals surface area contributed by atoms with Crippen LogP contribution in [0.2, 0.25) is 0 Å². The van der Waals surface area contributed by atoms with Crippen LogP contribution >= 0.6 is 0 Å². The molecule has 0 aliphatic carbocycles. The van der Waals surface area contributed by atoms with E-state index in [9.17, 15) is 10.1 Å². The summed E-state index contributed by atoms with van der Waals surface area (Å²) in [6, 6.07) is 5.52. The molecular formula is C19H25N3O3. The van der Waals surface area contributed by atoms with Gasteiger partial charge in [0.2, 0.25) is 0 Å². The summed E-state index contributed by atoms with van der Waals surface area (Å²) in [6.45, 7) is 5.18. The molecule has 0 amide bonds. The lowest BCUT2D eigenvalue weighted by atomic mass is 9.89. The fraction of sp³-hybridized carbons (Fsp3) is 0.526. The summed E-state index contributed by atoms with van der Waals surface area (Å²) in [6.07, 6.45) is 7.69. The van der Waals surface area contributed by atoms with Gasteiger partial charge in [0.25, 0.3) is 5.69 Å². The number of anilines is 1. The second-order valence-corrected chi connectivity index (χ2v) is 6.66. The minimum atomic E-state index is -0.356. The number of non-ortho nitro benzene ring substituents is 1. The molecule has 0 bridgehead atoms. The highest BCUT2D eigenvalue weighted by atomic mass is 16.6. The molecular weight excluding hydrogens is 318 g/mol. The topological polar surface area (TPSA) is 77.3 Å². The quantitative estimate of drug-likeness (QED) is 0.615. The van der Waals surface area contributed by atoms with Crippen molar-refractivity contribution in [3.05, 3.63) is 40.7 Å². The molecule has 1 aliphatic rings. The van der Waals surface area contributed by atoms with E-state index in [1.165, 1.54) is 0 Å². The number of ether oxygens (including phenoxy) is 1. The van der Waals surface area contributed by atoms with Gasteiger partial charge in [-0.05, 0) is 30.9 Å². The fourth-order valence-electron chi connectivity index (χ4n) is 3.78. The van der Waals surface area contributed by atoms with Crippen LogP contribution in [-0.4, -0.2) is 28.7 Å². The Labute approximate surface area is 147 Å². The summed E-state index contributed by atoms with van der Waals surface area (Å²) in [4.78, 5) is 14.9. The van der Waals surface area contributed by atoms with Gasteiger partial charge in [-0.15, -0.1) is 0 Å². The SMILES string of the molecule is CCC(CC)C1CC(Nc2ccc([N+](=O)[O-])c3cnccc23)CCO1. The Bertz CT molecular complexity index is 746. The van der Waals surface area contributed by atoms with E-state index in [0.29, 0.717) is 17.3 Å². The molecule has 0 saturated carbocycles. The standard InChI is InChI=1S/C19H25N3O3/c1-3-13(4-2)19-11-14(8-10-25-19)21-17-5-6-18(22(23)24)16-12-20-9-7-15(16)17/h5-7,9,12-14,19,21H,3-4,8,10-11H2,1-2H3. The predicted octanol–water partition coefficient (Wildman–Crippen LogP) is 4.54. The fourth-order valence-corrected chi connectivity index (χ4v) is 3.78. The molecule has 0 radical (unpaired) electrons. The molecule has 2 atom stereocenters. The molecule has 1 N–H and O–H groups in total. The van der Waals surface area contributed by atoms with E-state index in [4.69, 9.17) is 4.74 Å². The van der Waals surface area contributed by atoms with Crippen LogP contribution in [0.15, 0.2) is 30.6 Å². The number of hydrogen-bond acceptors (Lipinski definition) is 5. The third kappa shape index (κ3) is 3.74. The van der Waals surface area contributed by atoms with Crippen molar-refractivity contribution in [3.8, 4) is 0 Å². The minimum Gasteiger partial charge on any atom is -0.382 e. The van der Waals surface area contributed by atoms with Crippen LogP contribution in [0, 0.1) is 16.0 Å². The van der Waals surface area contributed by atoms with Crippen molar-refractivity contribution in [2.45, 2.75) is 51.7 Å².